The SMILES string of the molecule is CS(=O)(=O)OCC1CN(c2ccc(C#N)cn2)C1. The van der Waals surface area contributed by atoms with Gasteiger partial charge in [0.25, 0.3) is 10.1 Å². The van der Waals surface area contributed by atoms with E-state index in [1.807, 2.05) is 11.0 Å². The Kier molecular flexibility index (Phi) is 3.50. The molecule has 0 radical (unpaired) electrons. The molecule has 0 spiro atoms. The Morgan fingerprint density at radius 2 is 2.28 bits per heavy atom. The van der Waals surface area contributed by atoms with Crippen LogP contribution in [0.5, 0.6) is 0 Å². The van der Waals surface area contributed by atoms with Gasteiger partial charge in [-0.1, -0.05) is 0 Å². The zero-order chi connectivity index (χ0) is 13.2. The lowest BCUT2D eigenvalue weighted by atomic mass is 10.0. The lowest BCUT2D eigenvalue weighted by molar-refractivity contribution is 0.227. The van der Waals surface area contributed by atoms with Crippen LogP contribution in [0.25, 0.3) is 0 Å². The molecule has 1 aliphatic rings. The molecule has 6 nitrogen and oxygen atoms in total. The van der Waals surface area contributed by atoms with Crippen molar-refractivity contribution >= 4 is 15.9 Å². The third-order valence-corrected chi connectivity index (χ3v) is 3.24. The summed E-state index contributed by atoms with van der Waals surface area (Å²) in [5, 5.41) is 8.65. The highest BCUT2D eigenvalue weighted by Gasteiger charge is 2.28. The van der Waals surface area contributed by atoms with Gasteiger partial charge in [-0.05, 0) is 12.1 Å². The molecule has 0 aromatic carbocycles. The predicted octanol–water partition coefficient (Wildman–Crippen LogP) is 0.366. The maximum atomic E-state index is 10.8. The molecule has 96 valence electrons. The lowest BCUT2D eigenvalue weighted by Gasteiger charge is -2.39. The van der Waals surface area contributed by atoms with Crippen molar-refractivity contribution in [3.63, 3.8) is 0 Å². The first-order valence-corrected chi connectivity index (χ1v) is 7.25. The van der Waals surface area contributed by atoms with Crippen molar-refractivity contribution in [1.82, 2.24) is 4.98 Å². The largest absolute Gasteiger partial charge is 0.356 e. The van der Waals surface area contributed by atoms with Crippen molar-refractivity contribution in [2.45, 2.75) is 0 Å². The quantitative estimate of drug-likeness (QED) is 0.733. The van der Waals surface area contributed by atoms with Crippen molar-refractivity contribution in [3.8, 4) is 6.07 Å². The van der Waals surface area contributed by atoms with Gasteiger partial charge in [-0.15, -0.1) is 0 Å². The molecular formula is C11H13N3O3S. The molecule has 0 saturated carbocycles. The third-order valence-electron chi connectivity index (χ3n) is 2.68. The van der Waals surface area contributed by atoms with Crippen LogP contribution in [0, 0.1) is 17.2 Å². The number of nitriles is 1. The van der Waals surface area contributed by atoms with Crippen LogP contribution in [-0.4, -0.2) is 39.4 Å². The van der Waals surface area contributed by atoms with Crippen molar-refractivity contribution in [1.29, 1.82) is 5.26 Å². The van der Waals surface area contributed by atoms with Gasteiger partial charge in [-0.25, -0.2) is 4.98 Å². The van der Waals surface area contributed by atoms with Crippen LogP contribution in [0.15, 0.2) is 18.3 Å². The van der Waals surface area contributed by atoms with Crippen molar-refractivity contribution in [3.05, 3.63) is 23.9 Å². The second-order valence-corrected chi connectivity index (χ2v) is 5.92. The molecule has 1 aliphatic heterocycles. The number of rotatable bonds is 4. The Morgan fingerprint density at radius 3 is 2.78 bits per heavy atom. The Balaban J connectivity index is 1.83. The first-order valence-electron chi connectivity index (χ1n) is 5.43. The summed E-state index contributed by atoms with van der Waals surface area (Å²) >= 11 is 0. The summed E-state index contributed by atoms with van der Waals surface area (Å²) in [5.74, 6) is 1.00. The minimum atomic E-state index is -3.36. The average molecular weight is 267 g/mol. The van der Waals surface area contributed by atoms with Crippen LogP contribution < -0.4 is 4.90 Å². The van der Waals surface area contributed by atoms with Crippen LogP contribution in [0.3, 0.4) is 0 Å². The summed E-state index contributed by atoms with van der Waals surface area (Å²) < 4.78 is 26.4. The summed E-state index contributed by atoms with van der Waals surface area (Å²) in [7, 11) is -3.36. The van der Waals surface area contributed by atoms with Crippen molar-refractivity contribution in [2.75, 3.05) is 30.9 Å². The Labute approximate surface area is 106 Å². The van der Waals surface area contributed by atoms with Gasteiger partial charge in [-0.2, -0.15) is 13.7 Å². The number of anilines is 1. The standard InChI is InChI=1S/C11H13N3O3S/c1-18(15,16)17-8-10-6-14(7-10)11-3-2-9(4-12)5-13-11/h2-3,5,10H,6-8H2,1H3. The molecule has 0 aliphatic carbocycles. The Bertz CT molecular complexity index is 556. The molecule has 2 heterocycles. The van der Waals surface area contributed by atoms with Crippen LogP contribution in [0.1, 0.15) is 5.56 Å². The minimum Gasteiger partial charge on any atom is -0.356 e. The highest BCUT2D eigenvalue weighted by molar-refractivity contribution is 7.85. The summed E-state index contributed by atoms with van der Waals surface area (Å²) in [5.41, 5.74) is 0.524. The predicted molar refractivity (Wildman–Crippen MR) is 65.5 cm³/mol. The fourth-order valence-corrected chi connectivity index (χ4v) is 2.16. The van der Waals surface area contributed by atoms with E-state index < -0.39 is 10.1 Å². The maximum absolute atomic E-state index is 10.8. The fourth-order valence-electron chi connectivity index (χ4n) is 1.72. The third kappa shape index (κ3) is 3.18. The smallest absolute Gasteiger partial charge is 0.264 e. The van der Waals surface area contributed by atoms with E-state index in [0.29, 0.717) is 18.7 Å². The van der Waals surface area contributed by atoms with Crippen molar-refractivity contribution < 1.29 is 12.6 Å². The lowest BCUT2D eigenvalue weighted by Crippen LogP contribution is -2.49. The number of pyridine rings is 1. The molecule has 1 aromatic rings. The van der Waals surface area contributed by atoms with Crippen LogP contribution in [0.2, 0.25) is 0 Å². The first-order chi connectivity index (χ1) is 8.48. The van der Waals surface area contributed by atoms with E-state index in [-0.39, 0.29) is 12.5 Å². The number of nitrogens with zero attached hydrogens (tertiary/aromatic N) is 3. The van der Waals surface area contributed by atoms with E-state index in [1.54, 1.807) is 12.1 Å². The minimum absolute atomic E-state index is 0.206. The highest BCUT2D eigenvalue weighted by Crippen LogP contribution is 2.23. The number of hydrogen-bond donors (Lipinski definition) is 0. The van der Waals surface area contributed by atoms with E-state index in [1.165, 1.54) is 6.20 Å². The normalized spacial score (nSPS) is 16.1. The molecule has 0 amide bonds. The van der Waals surface area contributed by atoms with Gasteiger partial charge in [0, 0.05) is 25.2 Å². The molecule has 1 aromatic heterocycles. The van der Waals surface area contributed by atoms with Crippen LogP contribution in [0.4, 0.5) is 5.82 Å². The van der Waals surface area contributed by atoms with Crippen LogP contribution in [-0.2, 0) is 14.3 Å². The highest BCUT2D eigenvalue weighted by atomic mass is 32.2. The Hall–Kier alpha value is -1.65. The second kappa shape index (κ2) is 4.92. The summed E-state index contributed by atoms with van der Waals surface area (Å²) in [4.78, 5) is 6.17. The van der Waals surface area contributed by atoms with E-state index in [0.717, 1.165) is 12.1 Å². The number of hydrogen-bond acceptors (Lipinski definition) is 6. The molecule has 0 atom stereocenters. The summed E-state index contributed by atoms with van der Waals surface area (Å²) in [6.07, 6.45) is 2.57. The molecule has 1 saturated heterocycles. The second-order valence-electron chi connectivity index (χ2n) is 4.28. The molecule has 1 fully saturated rings. The molecule has 0 bridgehead atoms. The molecule has 0 unspecified atom stereocenters. The molecular weight excluding hydrogens is 254 g/mol. The zero-order valence-corrected chi connectivity index (χ0v) is 10.7. The molecule has 0 N–H and O–H groups in total. The van der Waals surface area contributed by atoms with Crippen LogP contribution >= 0.6 is 0 Å². The van der Waals surface area contributed by atoms with Gasteiger partial charge in [0.1, 0.15) is 11.9 Å². The van der Waals surface area contributed by atoms with E-state index in [2.05, 4.69) is 4.98 Å². The van der Waals surface area contributed by atoms with E-state index in [4.69, 9.17) is 9.44 Å². The van der Waals surface area contributed by atoms with E-state index in [9.17, 15) is 8.42 Å². The summed E-state index contributed by atoms with van der Waals surface area (Å²) in [6, 6.07) is 5.50. The topological polar surface area (TPSA) is 83.3 Å². The maximum Gasteiger partial charge on any atom is 0.264 e. The fraction of sp³-hybridized carbons (Fsp3) is 0.455. The van der Waals surface area contributed by atoms with Gasteiger partial charge in [0.05, 0.1) is 18.4 Å². The van der Waals surface area contributed by atoms with Crippen molar-refractivity contribution in [2.24, 2.45) is 5.92 Å². The summed E-state index contributed by atoms with van der Waals surface area (Å²) in [6.45, 7) is 1.65. The van der Waals surface area contributed by atoms with Gasteiger partial charge in [0.2, 0.25) is 0 Å². The molecule has 7 heteroatoms. The van der Waals surface area contributed by atoms with Gasteiger partial charge in [-0.3, -0.25) is 4.18 Å². The van der Waals surface area contributed by atoms with Gasteiger partial charge >= 0.3 is 0 Å². The molecule has 18 heavy (non-hydrogen) atoms. The monoisotopic (exact) mass is 267 g/mol. The number of aromatic nitrogens is 1. The zero-order valence-electron chi connectivity index (χ0n) is 9.91. The van der Waals surface area contributed by atoms with E-state index >= 15 is 0 Å². The van der Waals surface area contributed by atoms with Gasteiger partial charge < -0.3 is 4.90 Å². The Morgan fingerprint density at radius 1 is 1.56 bits per heavy atom. The van der Waals surface area contributed by atoms with Gasteiger partial charge in [0.15, 0.2) is 0 Å². The first kappa shape index (κ1) is 12.8. The average Bonchev–Trinajstić information content (AvgIpc) is 2.26. The molecule has 2 rings (SSSR count).